The van der Waals surface area contributed by atoms with Crippen LogP contribution in [0.2, 0.25) is 0 Å². The summed E-state index contributed by atoms with van der Waals surface area (Å²) in [6, 6.07) is 5.01. The molecule has 17 heavy (non-hydrogen) atoms. The molecule has 0 aliphatic heterocycles. The van der Waals surface area contributed by atoms with Gasteiger partial charge in [0.05, 0.1) is 11.7 Å². The van der Waals surface area contributed by atoms with Crippen molar-refractivity contribution in [2.75, 3.05) is 0 Å². The van der Waals surface area contributed by atoms with Gasteiger partial charge in [-0.25, -0.2) is 8.78 Å². The van der Waals surface area contributed by atoms with Crippen LogP contribution in [-0.4, -0.2) is 9.78 Å². The van der Waals surface area contributed by atoms with Crippen LogP contribution < -0.4 is 5.73 Å². The fraction of sp³-hybridized carbons (Fsp3) is 0.250. The van der Waals surface area contributed by atoms with Crippen molar-refractivity contribution in [2.24, 2.45) is 12.8 Å². The molecule has 1 unspecified atom stereocenters. The smallest absolute Gasteiger partial charge is 0.129 e. The van der Waals surface area contributed by atoms with E-state index in [1.165, 1.54) is 18.2 Å². The molecule has 0 amide bonds. The molecule has 0 radical (unpaired) electrons. The van der Waals surface area contributed by atoms with Crippen LogP contribution in [0.3, 0.4) is 0 Å². The average molecular weight is 237 g/mol. The largest absolute Gasteiger partial charge is 0.322 e. The summed E-state index contributed by atoms with van der Waals surface area (Å²) < 4.78 is 28.4. The Kier molecular flexibility index (Phi) is 3.19. The molecule has 0 bridgehead atoms. The molecule has 2 aromatic rings. The summed E-state index contributed by atoms with van der Waals surface area (Å²) in [4.78, 5) is 0. The fourth-order valence-corrected chi connectivity index (χ4v) is 1.68. The van der Waals surface area contributed by atoms with E-state index in [9.17, 15) is 8.78 Å². The van der Waals surface area contributed by atoms with Crippen molar-refractivity contribution in [3.05, 3.63) is 53.4 Å². The molecule has 3 nitrogen and oxygen atoms in total. The standard InChI is InChI=1S/C12H13F2N3/c1-17-6-5-12(16-17)11(15)7-8-9(13)3-2-4-10(8)14/h2-6,11H,7,15H2,1H3. The van der Waals surface area contributed by atoms with Crippen molar-refractivity contribution in [1.29, 1.82) is 0 Å². The third kappa shape index (κ3) is 2.50. The van der Waals surface area contributed by atoms with Crippen molar-refractivity contribution >= 4 is 0 Å². The van der Waals surface area contributed by atoms with Gasteiger partial charge in [0.1, 0.15) is 11.6 Å². The first-order chi connectivity index (χ1) is 8.08. The Hall–Kier alpha value is -1.75. The van der Waals surface area contributed by atoms with E-state index < -0.39 is 17.7 Å². The molecule has 5 heteroatoms. The molecule has 0 fully saturated rings. The Balaban J connectivity index is 2.21. The maximum Gasteiger partial charge on any atom is 0.129 e. The van der Waals surface area contributed by atoms with Crippen LogP contribution in [0.4, 0.5) is 8.78 Å². The number of nitrogens with zero attached hydrogens (tertiary/aromatic N) is 2. The number of halogens is 2. The molecule has 1 aromatic heterocycles. The van der Waals surface area contributed by atoms with Crippen LogP contribution >= 0.6 is 0 Å². The number of nitrogens with two attached hydrogens (primary N) is 1. The van der Waals surface area contributed by atoms with E-state index in [1.807, 2.05) is 0 Å². The zero-order valence-electron chi connectivity index (χ0n) is 9.40. The van der Waals surface area contributed by atoms with E-state index in [0.29, 0.717) is 5.69 Å². The van der Waals surface area contributed by atoms with Crippen LogP contribution in [0.5, 0.6) is 0 Å². The maximum absolute atomic E-state index is 13.4. The molecule has 0 saturated heterocycles. The second kappa shape index (κ2) is 4.63. The molecule has 90 valence electrons. The summed E-state index contributed by atoms with van der Waals surface area (Å²) in [6.45, 7) is 0. The lowest BCUT2D eigenvalue weighted by molar-refractivity contribution is 0.535. The van der Waals surface area contributed by atoms with Gasteiger partial charge in [-0.15, -0.1) is 0 Å². The monoisotopic (exact) mass is 237 g/mol. The Morgan fingerprint density at radius 1 is 1.29 bits per heavy atom. The van der Waals surface area contributed by atoms with Crippen molar-refractivity contribution in [1.82, 2.24) is 9.78 Å². The summed E-state index contributed by atoms with van der Waals surface area (Å²) in [5, 5.41) is 4.11. The molecule has 0 spiro atoms. The first-order valence-corrected chi connectivity index (χ1v) is 5.26. The zero-order valence-corrected chi connectivity index (χ0v) is 9.40. The van der Waals surface area contributed by atoms with E-state index in [0.717, 1.165) is 0 Å². The van der Waals surface area contributed by atoms with E-state index in [1.54, 1.807) is 24.0 Å². The van der Waals surface area contributed by atoms with Gasteiger partial charge < -0.3 is 5.73 Å². The fourth-order valence-electron chi connectivity index (χ4n) is 1.68. The highest BCUT2D eigenvalue weighted by atomic mass is 19.1. The Labute approximate surface area is 97.9 Å². The summed E-state index contributed by atoms with van der Waals surface area (Å²) in [6.07, 6.45) is 1.84. The molecule has 0 saturated carbocycles. The van der Waals surface area contributed by atoms with Gasteiger partial charge in [0, 0.05) is 18.8 Å². The summed E-state index contributed by atoms with van der Waals surface area (Å²) in [7, 11) is 1.76. The first-order valence-electron chi connectivity index (χ1n) is 5.26. The molecule has 2 rings (SSSR count). The van der Waals surface area contributed by atoms with Crippen LogP contribution in [0.25, 0.3) is 0 Å². The normalized spacial score (nSPS) is 12.7. The van der Waals surface area contributed by atoms with Gasteiger partial charge in [0.2, 0.25) is 0 Å². The number of aryl methyl sites for hydroxylation is 1. The molecule has 1 aromatic carbocycles. The van der Waals surface area contributed by atoms with Crippen LogP contribution in [0.1, 0.15) is 17.3 Å². The highest BCUT2D eigenvalue weighted by molar-refractivity contribution is 5.22. The van der Waals surface area contributed by atoms with Gasteiger partial charge in [0.25, 0.3) is 0 Å². The van der Waals surface area contributed by atoms with Gasteiger partial charge in [-0.05, 0) is 24.6 Å². The lowest BCUT2D eigenvalue weighted by Crippen LogP contribution is -2.16. The number of aromatic nitrogens is 2. The quantitative estimate of drug-likeness (QED) is 0.886. The van der Waals surface area contributed by atoms with E-state index >= 15 is 0 Å². The molecule has 0 aliphatic carbocycles. The van der Waals surface area contributed by atoms with Gasteiger partial charge >= 0.3 is 0 Å². The van der Waals surface area contributed by atoms with Gasteiger partial charge in [-0.2, -0.15) is 5.10 Å². The lowest BCUT2D eigenvalue weighted by Gasteiger charge is -2.10. The molecule has 1 heterocycles. The minimum atomic E-state index is -0.573. The second-order valence-electron chi connectivity index (χ2n) is 3.93. The Morgan fingerprint density at radius 2 is 1.94 bits per heavy atom. The molecule has 0 aliphatic rings. The van der Waals surface area contributed by atoms with Crippen LogP contribution in [0, 0.1) is 11.6 Å². The SMILES string of the molecule is Cn1ccc(C(N)Cc2c(F)cccc2F)n1. The van der Waals surface area contributed by atoms with E-state index in [-0.39, 0.29) is 12.0 Å². The van der Waals surface area contributed by atoms with Crippen molar-refractivity contribution in [3.8, 4) is 0 Å². The highest BCUT2D eigenvalue weighted by Gasteiger charge is 2.15. The first kappa shape index (κ1) is 11.7. The third-order valence-corrected chi connectivity index (χ3v) is 2.60. The van der Waals surface area contributed by atoms with Gasteiger partial charge in [-0.1, -0.05) is 6.07 Å². The molecular formula is C12H13F2N3. The molecule has 2 N–H and O–H groups in total. The Morgan fingerprint density at radius 3 is 2.47 bits per heavy atom. The van der Waals surface area contributed by atoms with E-state index in [4.69, 9.17) is 5.73 Å². The van der Waals surface area contributed by atoms with E-state index in [2.05, 4.69) is 5.10 Å². The summed E-state index contributed by atoms with van der Waals surface area (Å²) in [5.41, 5.74) is 6.49. The third-order valence-electron chi connectivity index (χ3n) is 2.60. The minimum absolute atomic E-state index is 0.00523. The minimum Gasteiger partial charge on any atom is -0.322 e. The number of rotatable bonds is 3. The summed E-state index contributed by atoms with van der Waals surface area (Å²) >= 11 is 0. The van der Waals surface area contributed by atoms with Gasteiger partial charge in [-0.3, -0.25) is 4.68 Å². The van der Waals surface area contributed by atoms with Crippen LogP contribution in [-0.2, 0) is 13.5 Å². The molecular weight excluding hydrogens is 224 g/mol. The van der Waals surface area contributed by atoms with Crippen LogP contribution in [0.15, 0.2) is 30.5 Å². The highest BCUT2D eigenvalue weighted by Crippen LogP contribution is 2.19. The molecule has 1 atom stereocenters. The predicted octanol–water partition coefficient (Wildman–Crippen LogP) is 1.94. The number of benzene rings is 1. The Bertz CT molecular complexity index is 502. The topological polar surface area (TPSA) is 43.8 Å². The van der Waals surface area contributed by atoms with Gasteiger partial charge in [0.15, 0.2) is 0 Å². The van der Waals surface area contributed by atoms with Crippen molar-refractivity contribution in [3.63, 3.8) is 0 Å². The van der Waals surface area contributed by atoms with Crippen molar-refractivity contribution < 1.29 is 8.78 Å². The lowest BCUT2D eigenvalue weighted by atomic mass is 10.0. The summed E-state index contributed by atoms with van der Waals surface area (Å²) in [5.74, 6) is -1.15. The average Bonchev–Trinajstić information content (AvgIpc) is 2.70. The maximum atomic E-state index is 13.4. The zero-order chi connectivity index (χ0) is 12.4. The second-order valence-corrected chi connectivity index (χ2v) is 3.93. The number of hydrogen-bond acceptors (Lipinski definition) is 2. The number of hydrogen-bond donors (Lipinski definition) is 1. The predicted molar refractivity (Wildman–Crippen MR) is 60.2 cm³/mol. The van der Waals surface area contributed by atoms with Crippen molar-refractivity contribution in [2.45, 2.75) is 12.5 Å².